The molecule has 4 heteroatoms. The minimum absolute atomic E-state index is 0.270. The van der Waals surface area contributed by atoms with Crippen molar-refractivity contribution in [1.82, 2.24) is 5.32 Å². The molecule has 1 aromatic carbocycles. The number of rotatable bonds is 7. The maximum atomic E-state index is 13.1. The Labute approximate surface area is 130 Å². The van der Waals surface area contributed by atoms with Crippen LogP contribution in [0.25, 0.3) is 0 Å². The third kappa shape index (κ3) is 5.14. The van der Waals surface area contributed by atoms with Gasteiger partial charge in [0.2, 0.25) is 0 Å². The van der Waals surface area contributed by atoms with E-state index in [2.05, 4.69) is 32.2 Å². The van der Waals surface area contributed by atoms with E-state index in [0.29, 0.717) is 18.3 Å². The molecule has 0 atom stereocenters. The summed E-state index contributed by atoms with van der Waals surface area (Å²) in [6.07, 6.45) is 0. The van der Waals surface area contributed by atoms with Crippen LogP contribution < -0.4 is 10.1 Å². The molecule has 1 aromatic heterocycles. The number of aryl methyl sites for hydroxylation is 1. The van der Waals surface area contributed by atoms with Crippen molar-refractivity contribution < 1.29 is 9.13 Å². The van der Waals surface area contributed by atoms with E-state index < -0.39 is 0 Å². The van der Waals surface area contributed by atoms with Gasteiger partial charge in [-0.2, -0.15) is 0 Å². The summed E-state index contributed by atoms with van der Waals surface area (Å²) in [7, 11) is 0. The Kier molecular flexibility index (Phi) is 5.76. The van der Waals surface area contributed by atoms with Gasteiger partial charge in [0, 0.05) is 27.9 Å². The van der Waals surface area contributed by atoms with Crippen LogP contribution in [0.4, 0.5) is 4.39 Å². The molecular weight excluding hydrogens is 285 g/mol. The highest BCUT2D eigenvalue weighted by atomic mass is 32.1. The van der Waals surface area contributed by atoms with Gasteiger partial charge in [0.05, 0.1) is 0 Å². The minimum Gasteiger partial charge on any atom is -0.489 e. The van der Waals surface area contributed by atoms with Crippen molar-refractivity contribution in [3.63, 3.8) is 0 Å². The Balaban J connectivity index is 1.90. The minimum atomic E-state index is -0.270. The van der Waals surface area contributed by atoms with E-state index >= 15 is 0 Å². The van der Waals surface area contributed by atoms with E-state index in [0.717, 1.165) is 13.1 Å². The predicted octanol–water partition coefficient (Wildman–Crippen LogP) is 4.52. The van der Waals surface area contributed by atoms with Crippen LogP contribution in [0.2, 0.25) is 0 Å². The lowest BCUT2D eigenvalue weighted by Gasteiger charge is -2.06. The Morgan fingerprint density at radius 1 is 1.29 bits per heavy atom. The standard InChI is InChI=1S/C17H22FNOS/c1-12(2)9-19-10-17-7-14(13(3)21-17)11-20-16-6-4-5-15(18)8-16/h4-8,12,19H,9-11H2,1-3H3. The van der Waals surface area contributed by atoms with Crippen molar-refractivity contribution in [2.45, 2.75) is 33.9 Å². The molecule has 0 saturated carbocycles. The lowest BCUT2D eigenvalue weighted by Crippen LogP contribution is -2.18. The maximum absolute atomic E-state index is 13.1. The van der Waals surface area contributed by atoms with Gasteiger partial charge in [-0.15, -0.1) is 11.3 Å². The Bertz CT molecular complexity index is 580. The van der Waals surface area contributed by atoms with Crippen molar-refractivity contribution in [3.8, 4) is 5.75 Å². The fourth-order valence-electron chi connectivity index (χ4n) is 2.02. The van der Waals surface area contributed by atoms with Gasteiger partial charge in [-0.05, 0) is 37.6 Å². The smallest absolute Gasteiger partial charge is 0.126 e. The van der Waals surface area contributed by atoms with Crippen LogP contribution in [0.5, 0.6) is 5.75 Å². The van der Waals surface area contributed by atoms with Crippen LogP contribution in [-0.4, -0.2) is 6.54 Å². The second-order valence-electron chi connectivity index (χ2n) is 5.56. The quantitative estimate of drug-likeness (QED) is 0.812. The first-order chi connectivity index (χ1) is 10.0. The molecular formula is C17H22FNOS. The molecule has 21 heavy (non-hydrogen) atoms. The molecule has 2 aromatic rings. The van der Waals surface area contributed by atoms with Crippen LogP contribution >= 0.6 is 11.3 Å². The summed E-state index contributed by atoms with van der Waals surface area (Å²) < 4.78 is 18.8. The molecule has 0 radical (unpaired) electrons. The van der Waals surface area contributed by atoms with Crippen LogP contribution in [0.3, 0.4) is 0 Å². The molecule has 0 aliphatic carbocycles. The predicted molar refractivity (Wildman–Crippen MR) is 86.3 cm³/mol. The van der Waals surface area contributed by atoms with E-state index in [-0.39, 0.29) is 5.82 Å². The largest absolute Gasteiger partial charge is 0.489 e. The zero-order valence-electron chi connectivity index (χ0n) is 12.8. The Morgan fingerprint density at radius 2 is 2.10 bits per heavy atom. The molecule has 0 unspecified atom stereocenters. The normalized spacial score (nSPS) is 11.1. The summed E-state index contributed by atoms with van der Waals surface area (Å²) in [6.45, 7) is 8.89. The van der Waals surface area contributed by atoms with E-state index in [1.807, 2.05) is 0 Å². The molecule has 0 bridgehead atoms. The second kappa shape index (κ2) is 7.57. The van der Waals surface area contributed by atoms with Crippen LogP contribution in [0.1, 0.15) is 29.2 Å². The average molecular weight is 307 g/mol. The van der Waals surface area contributed by atoms with Gasteiger partial charge >= 0.3 is 0 Å². The third-order valence-electron chi connectivity index (χ3n) is 3.11. The molecule has 0 saturated heterocycles. The lowest BCUT2D eigenvalue weighted by molar-refractivity contribution is 0.304. The van der Waals surface area contributed by atoms with E-state index in [9.17, 15) is 4.39 Å². The molecule has 1 heterocycles. The Morgan fingerprint density at radius 3 is 2.81 bits per heavy atom. The molecule has 0 amide bonds. The summed E-state index contributed by atoms with van der Waals surface area (Å²) >= 11 is 1.79. The first-order valence-electron chi connectivity index (χ1n) is 7.22. The molecule has 1 N–H and O–H groups in total. The van der Waals surface area contributed by atoms with Crippen LogP contribution in [0, 0.1) is 18.7 Å². The number of ether oxygens (including phenoxy) is 1. The highest BCUT2D eigenvalue weighted by Crippen LogP contribution is 2.23. The van der Waals surface area contributed by atoms with E-state index in [1.54, 1.807) is 23.5 Å². The van der Waals surface area contributed by atoms with Crippen molar-refractivity contribution in [2.24, 2.45) is 5.92 Å². The molecule has 0 aliphatic rings. The zero-order chi connectivity index (χ0) is 15.2. The number of thiophene rings is 1. The first kappa shape index (κ1) is 16.0. The molecule has 0 spiro atoms. The van der Waals surface area contributed by atoms with Crippen LogP contribution in [-0.2, 0) is 13.2 Å². The molecule has 0 fully saturated rings. The van der Waals surface area contributed by atoms with Gasteiger partial charge in [-0.1, -0.05) is 19.9 Å². The number of benzene rings is 1. The van der Waals surface area contributed by atoms with E-state index in [4.69, 9.17) is 4.74 Å². The average Bonchev–Trinajstić information content (AvgIpc) is 2.76. The molecule has 2 nitrogen and oxygen atoms in total. The SMILES string of the molecule is Cc1sc(CNCC(C)C)cc1COc1cccc(F)c1. The fraction of sp³-hybridized carbons (Fsp3) is 0.412. The van der Waals surface area contributed by atoms with Gasteiger partial charge < -0.3 is 10.1 Å². The third-order valence-corrected chi connectivity index (χ3v) is 4.21. The number of halogens is 1. The summed E-state index contributed by atoms with van der Waals surface area (Å²) in [5.41, 5.74) is 1.17. The Hall–Kier alpha value is -1.39. The summed E-state index contributed by atoms with van der Waals surface area (Å²) in [5, 5.41) is 3.44. The monoisotopic (exact) mass is 307 g/mol. The van der Waals surface area contributed by atoms with Crippen LogP contribution in [0.15, 0.2) is 30.3 Å². The van der Waals surface area contributed by atoms with E-state index in [1.165, 1.54) is 27.5 Å². The van der Waals surface area contributed by atoms with Gasteiger partial charge in [0.25, 0.3) is 0 Å². The topological polar surface area (TPSA) is 21.3 Å². The van der Waals surface area contributed by atoms with Crippen molar-refractivity contribution >= 4 is 11.3 Å². The highest BCUT2D eigenvalue weighted by Gasteiger charge is 2.07. The van der Waals surface area contributed by atoms with Gasteiger partial charge in [0.1, 0.15) is 18.2 Å². The lowest BCUT2D eigenvalue weighted by atomic mass is 10.2. The molecule has 2 rings (SSSR count). The fourth-order valence-corrected chi connectivity index (χ4v) is 3.04. The van der Waals surface area contributed by atoms with Gasteiger partial charge in [-0.3, -0.25) is 0 Å². The van der Waals surface area contributed by atoms with Gasteiger partial charge in [-0.25, -0.2) is 4.39 Å². The highest BCUT2D eigenvalue weighted by molar-refractivity contribution is 7.12. The number of hydrogen-bond donors (Lipinski definition) is 1. The maximum Gasteiger partial charge on any atom is 0.126 e. The molecule has 114 valence electrons. The first-order valence-corrected chi connectivity index (χ1v) is 8.03. The number of hydrogen-bond acceptors (Lipinski definition) is 3. The van der Waals surface area contributed by atoms with Crippen molar-refractivity contribution in [1.29, 1.82) is 0 Å². The summed E-state index contributed by atoms with van der Waals surface area (Å²) in [5.74, 6) is 0.954. The summed E-state index contributed by atoms with van der Waals surface area (Å²) in [4.78, 5) is 2.57. The van der Waals surface area contributed by atoms with Gasteiger partial charge in [0.15, 0.2) is 0 Å². The second-order valence-corrected chi connectivity index (χ2v) is 6.91. The zero-order valence-corrected chi connectivity index (χ0v) is 13.6. The summed E-state index contributed by atoms with van der Waals surface area (Å²) in [6, 6.07) is 8.43. The van der Waals surface area contributed by atoms with Crippen molar-refractivity contribution in [3.05, 3.63) is 51.5 Å². The molecule has 0 aliphatic heterocycles. The number of nitrogens with one attached hydrogen (secondary N) is 1. The van der Waals surface area contributed by atoms with Crippen molar-refractivity contribution in [2.75, 3.05) is 6.54 Å².